The van der Waals surface area contributed by atoms with Crippen LogP contribution in [-0.2, 0) is 14.3 Å². The normalized spacial score (nSPS) is 11.9. The van der Waals surface area contributed by atoms with Crippen molar-refractivity contribution in [2.75, 3.05) is 19.8 Å². The summed E-state index contributed by atoms with van der Waals surface area (Å²) in [5.74, 6) is -0.600. The van der Waals surface area contributed by atoms with Crippen LogP contribution in [0, 0.1) is 0 Å². The Morgan fingerprint density at radius 1 is 0.526 bits per heavy atom. The number of nitrogens with one attached hydrogen (secondary N) is 1. The molecule has 1 atom stereocenters. The highest BCUT2D eigenvalue weighted by Crippen LogP contribution is 2.13. The molecule has 38 heavy (non-hydrogen) atoms. The first kappa shape index (κ1) is 36.7. The maximum absolute atomic E-state index is 12.1. The predicted octanol–water partition coefficient (Wildman–Crippen LogP) is 9.02. The van der Waals surface area contributed by atoms with Crippen LogP contribution < -0.4 is 5.32 Å². The lowest BCUT2D eigenvalue weighted by Crippen LogP contribution is -2.44. The molecule has 226 valence electrons. The first-order valence-corrected chi connectivity index (χ1v) is 16.4. The van der Waals surface area contributed by atoms with Gasteiger partial charge in [0.2, 0.25) is 0 Å². The zero-order valence-corrected chi connectivity index (χ0v) is 25.2. The van der Waals surface area contributed by atoms with Gasteiger partial charge >= 0.3 is 12.1 Å². The average molecular weight is 542 g/mol. The summed E-state index contributed by atoms with van der Waals surface area (Å²) in [5, 5.41) is 11.9. The first-order valence-electron chi connectivity index (χ1n) is 16.4. The van der Waals surface area contributed by atoms with Gasteiger partial charge in [-0.1, -0.05) is 155 Å². The standard InChI is InChI=1S/C32H63NO5/c1-3-5-7-9-11-13-15-16-17-18-20-22-24-26-28-38-32(36)33-30(29-34)31(35)37-27-25-23-21-19-14-12-10-8-6-4-2/h30,34H,3-29H2,1-2H3,(H,33,36). The molecule has 0 rings (SSSR count). The highest BCUT2D eigenvalue weighted by Gasteiger charge is 2.22. The van der Waals surface area contributed by atoms with Crippen LogP contribution in [0.15, 0.2) is 0 Å². The van der Waals surface area contributed by atoms with Gasteiger partial charge in [0.05, 0.1) is 19.8 Å². The monoisotopic (exact) mass is 541 g/mol. The summed E-state index contributed by atoms with van der Waals surface area (Å²) >= 11 is 0. The molecule has 0 bridgehead atoms. The predicted molar refractivity (Wildman–Crippen MR) is 158 cm³/mol. The van der Waals surface area contributed by atoms with Gasteiger partial charge in [-0.15, -0.1) is 0 Å². The molecule has 0 saturated carbocycles. The Kier molecular flexibility index (Phi) is 29.2. The minimum absolute atomic E-state index is 0.321. The number of hydrogen-bond acceptors (Lipinski definition) is 5. The largest absolute Gasteiger partial charge is 0.464 e. The number of alkyl carbamates (subject to hydrolysis) is 1. The third kappa shape index (κ3) is 26.3. The summed E-state index contributed by atoms with van der Waals surface area (Å²) in [7, 11) is 0. The molecule has 1 amide bonds. The maximum atomic E-state index is 12.1. The number of unbranched alkanes of at least 4 members (excludes halogenated alkanes) is 22. The summed E-state index contributed by atoms with van der Waals surface area (Å²) in [6, 6.07) is -1.07. The Balaban J connectivity index is 3.54. The highest BCUT2D eigenvalue weighted by molar-refractivity contribution is 5.81. The Labute approximate surface area is 235 Å². The van der Waals surface area contributed by atoms with Crippen LogP contribution in [-0.4, -0.2) is 43.0 Å². The second-order valence-electron chi connectivity index (χ2n) is 11.0. The minimum Gasteiger partial charge on any atom is -0.464 e. The molecule has 0 fully saturated rings. The number of carbonyl (C=O) groups excluding carboxylic acids is 2. The van der Waals surface area contributed by atoms with E-state index in [0.29, 0.717) is 13.2 Å². The van der Waals surface area contributed by atoms with Gasteiger partial charge in [0.15, 0.2) is 6.04 Å². The molecule has 0 saturated heterocycles. The molecular weight excluding hydrogens is 478 g/mol. The fourth-order valence-electron chi connectivity index (χ4n) is 4.69. The van der Waals surface area contributed by atoms with E-state index in [0.717, 1.165) is 38.5 Å². The third-order valence-corrected chi connectivity index (χ3v) is 7.23. The Bertz CT molecular complexity index is 514. The summed E-state index contributed by atoms with van der Waals surface area (Å²) in [6.07, 6.45) is 29.3. The summed E-state index contributed by atoms with van der Waals surface area (Å²) in [4.78, 5) is 24.1. The van der Waals surface area contributed by atoms with Crippen molar-refractivity contribution < 1.29 is 24.2 Å². The lowest BCUT2D eigenvalue weighted by molar-refractivity contribution is -0.147. The van der Waals surface area contributed by atoms with Crippen molar-refractivity contribution in [3.8, 4) is 0 Å². The van der Waals surface area contributed by atoms with Gasteiger partial charge < -0.3 is 19.9 Å². The van der Waals surface area contributed by atoms with E-state index < -0.39 is 24.7 Å². The molecule has 0 aliphatic carbocycles. The summed E-state index contributed by atoms with van der Waals surface area (Å²) < 4.78 is 10.4. The highest BCUT2D eigenvalue weighted by atomic mass is 16.6. The molecule has 0 radical (unpaired) electrons. The van der Waals surface area contributed by atoms with Gasteiger partial charge in [-0.2, -0.15) is 0 Å². The fraction of sp³-hybridized carbons (Fsp3) is 0.938. The minimum atomic E-state index is -1.07. The zero-order chi connectivity index (χ0) is 27.9. The van der Waals surface area contributed by atoms with Crippen molar-refractivity contribution in [1.29, 1.82) is 0 Å². The van der Waals surface area contributed by atoms with Crippen LogP contribution in [0.1, 0.15) is 168 Å². The van der Waals surface area contributed by atoms with Gasteiger partial charge in [0.1, 0.15) is 0 Å². The van der Waals surface area contributed by atoms with Crippen LogP contribution in [0.5, 0.6) is 0 Å². The van der Waals surface area contributed by atoms with Crippen LogP contribution in [0.4, 0.5) is 4.79 Å². The molecule has 0 aromatic rings. The first-order chi connectivity index (χ1) is 18.7. The van der Waals surface area contributed by atoms with E-state index in [-0.39, 0.29) is 0 Å². The molecule has 0 spiro atoms. The topological polar surface area (TPSA) is 84.9 Å². The van der Waals surface area contributed by atoms with E-state index in [4.69, 9.17) is 9.47 Å². The molecule has 0 aromatic carbocycles. The van der Waals surface area contributed by atoms with Crippen molar-refractivity contribution in [2.45, 2.75) is 174 Å². The van der Waals surface area contributed by atoms with E-state index in [9.17, 15) is 14.7 Å². The van der Waals surface area contributed by atoms with Crippen LogP contribution in [0.2, 0.25) is 0 Å². The van der Waals surface area contributed by atoms with Crippen LogP contribution >= 0.6 is 0 Å². The maximum Gasteiger partial charge on any atom is 0.407 e. The summed E-state index contributed by atoms with van der Waals surface area (Å²) in [5.41, 5.74) is 0. The number of aliphatic hydroxyl groups excluding tert-OH is 1. The van der Waals surface area contributed by atoms with Crippen molar-refractivity contribution in [2.24, 2.45) is 0 Å². The van der Waals surface area contributed by atoms with Gasteiger partial charge in [0, 0.05) is 0 Å². The van der Waals surface area contributed by atoms with Gasteiger partial charge in [-0.05, 0) is 12.8 Å². The van der Waals surface area contributed by atoms with E-state index in [1.54, 1.807) is 0 Å². The van der Waals surface area contributed by atoms with Gasteiger partial charge in [-0.25, -0.2) is 9.59 Å². The van der Waals surface area contributed by atoms with Crippen molar-refractivity contribution >= 4 is 12.1 Å². The molecule has 2 N–H and O–H groups in total. The third-order valence-electron chi connectivity index (χ3n) is 7.23. The Morgan fingerprint density at radius 2 is 0.842 bits per heavy atom. The number of amides is 1. The average Bonchev–Trinajstić information content (AvgIpc) is 2.92. The SMILES string of the molecule is CCCCCCCCCCCCCCCCOC(=O)NC(CO)C(=O)OCCCCCCCCCCCC. The molecule has 0 aliphatic heterocycles. The quantitative estimate of drug-likeness (QED) is 0.0729. The molecule has 6 heteroatoms. The molecule has 0 aromatic heterocycles. The van der Waals surface area contributed by atoms with E-state index in [1.807, 2.05) is 0 Å². The van der Waals surface area contributed by atoms with E-state index in [2.05, 4.69) is 19.2 Å². The smallest absolute Gasteiger partial charge is 0.407 e. The van der Waals surface area contributed by atoms with Crippen molar-refractivity contribution in [3.05, 3.63) is 0 Å². The van der Waals surface area contributed by atoms with Crippen LogP contribution in [0.3, 0.4) is 0 Å². The number of aliphatic hydroxyl groups is 1. The molecule has 6 nitrogen and oxygen atoms in total. The zero-order valence-electron chi connectivity index (χ0n) is 25.2. The molecular formula is C32H63NO5. The van der Waals surface area contributed by atoms with Gasteiger partial charge in [0.25, 0.3) is 0 Å². The fourth-order valence-corrected chi connectivity index (χ4v) is 4.69. The van der Waals surface area contributed by atoms with Crippen molar-refractivity contribution in [1.82, 2.24) is 5.32 Å². The number of hydrogen-bond donors (Lipinski definition) is 2. The number of ether oxygens (including phenoxy) is 2. The number of carbonyl (C=O) groups is 2. The number of esters is 1. The second-order valence-corrected chi connectivity index (χ2v) is 11.0. The van der Waals surface area contributed by atoms with E-state index in [1.165, 1.54) is 116 Å². The Morgan fingerprint density at radius 3 is 1.18 bits per heavy atom. The molecule has 1 unspecified atom stereocenters. The molecule has 0 aliphatic rings. The number of rotatable bonds is 29. The molecule has 0 heterocycles. The lowest BCUT2D eigenvalue weighted by Gasteiger charge is -2.15. The Hall–Kier alpha value is -1.30. The second kappa shape index (κ2) is 30.2. The van der Waals surface area contributed by atoms with Crippen LogP contribution in [0.25, 0.3) is 0 Å². The summed E-state index contributed by atoms with van der Waals surface area (Å²) in [6.45, 7) is 4.65. The van der Waals surface area contributed by atoms with E-state index >= 15 is 0 Å². The van der Waals surface area contributed by atoms with Crippen molar-refractivity contribution in [3.63, 3.8) is 0 Å². The lowest BCUT2D eigenvalue weighted by atomic mass is 10.0. The van der Waals surface area contributed by atoms with Gasteiger partial charge in [-0.3, -0.25) is 0 Å².